The Labute approximate surface area is 152 Å². The molecular weight excluding hydrogens is 362 g/mol. The van der Waals surface area contributed by atoms with Crippen LogP contribution in [0.15, 0.2) is 41.2 Å². The van der Waals surface area contributed by atoms with Gasteiger partial charge < -0.3 is 4.90 Å². The number of carbonyl (C=O) groups is 1. The highest BCUT2D eigenvalue weighted by Gasteiger charge is 2.14. The van der Waals surface area contributed by atoms with Crippen LogP contribution in [0.2, 0.25) is 0 Å². The van der Waals surface area contributed by atoms with E-state index in [4.69, 9.17) is 11.6 Å². The molecule has 1 aliphatic rings. The van der Waals surface area contributed by atoms with Gasteiger partial charge in [-0.2, -0.15) is 11.8 Å². The van der Waals surface area contributed by atoms with Crippen molar-refractivity contribution in [2.24, 2.45) is 0 Å². The predicted molar refractivity (Wildman–Crippen MR) is 105 cm³/mol. The molecule has 0 saturated carbocycles. The Bertz CT molecular complexity index is 1010. The van der Waals surface area contributed by atoms with Crippen LogP contribution in [-0.2, 0) is 0 Å². The maximum atomic E-state index is 12.9. The fourth-order valence-electron chi connectivity index (χ4n) is 2.98. The van der Waals surface area contributed by atoms with E-state index < -0.39 is 5.24 Å². The Balaban J connectivity index is 1.89. The SMILES string of the molecule is O=C(Cl)c1ccc2c(=O)c3cc(N4CCSCC4)ccc3sc2c1. The van der Waals surface area contributed by atoms with E-state index in [1.807, 2.05) is 23.9 Å². The molecule has 0 N–H and O–H groups in total. The minimum Gasteiger partial charge on any atom is -0.370 e. The van der Waals surface area contributed by atoms with Crippen LogP contribution in [0.5, 0.6) is 0 Å². The summed E-state index contributed by atoms with van der Waals surface area (Å²) in [5, 5.41) is 0.878. The molecule has 2 heterocycles. The van der Waals surface area contributed by atoms with Crippen molar-refractivity contribution in [2.75, 3.05) is 29.5 Å². The average Bonchev–Trinajstić information content (AvgIpc) is 2.62. The van der Waals surface area contributed by atoms with Crippen LogP contribution in [0.25, 0.3) is 20.2 Å². The zero-order chi connectivity index (χ0) is 16.7. The Morgan fingerprint density at radius 3 is 2.54 bits per heavy atom. The number of nitrogens with zero attached hydrogens (tertiary/aromatic N) is 1. The van der Waals surface area contributed by atoms with E-state index >= 15 is 0 Å². The quantitative estimate of drug-likeness (QED) is 0.493. The van der Waals surface area contributed by atoms with Gasteiger partial charge in [-0.15, -0.1) is 11.3 Å². The van der Waals surface area contributed by atoms with Crippen LogP contribution in [0, 0.1) is 0 Å². The minimum atomic E-state index is -0.505. The van der Waals surface area contributed by atoms with Crippen LogP contribution in [0.1, 0.15) is 10.4 Å². The summed E-state index contributed by atoms with van der Waals surface area (Å²) in [4.78, 5) is 26.5. The van der Waals surface area contributed by atoms with Gasteiger partial charge in [-0.05, 0) is 48.0 Å². The third-order valence-corrected chi connectivity index (χ3v) is 6.55. The predicted octanol–water partition coefficient (Wildman–Crippen LogP) is 4.35. The normalized spacial score (nSPS) is 15.1. The summed E-state index contributed by atoms with van der Waals surface area (Å²) in [5.41, 5.74) is 1.54. The summed E-state index contributed by atoms with van der Waals surface area (Å²) in [7, 11) is 0. The molecule has 24 heavy (non-hydrogen) atoms. The molecule has 1 fully saturated rings. The smallest absolute Gasteiger partial charge is 0.252 e. The number of hydrogen-bond acceptors (Lipinski definition) is 5. The Hall–Kier alpha value is -1.56. The van der Waals surface area contributed by atoms with Crippen LogP contribution in [0.4, 0.5) is 5.69 Å². The van der Waals surface area contributed by atoms with Crippen molar-refractivity contribution in [1.29, 1.82) is 0 Å². The first-order chi connectivity index (χ1) is 11.6. The molecule has 4 rings (SSSR count). The van der Waals surface area contributed by atoms with E-state index in [1.165, 1.54) is 11.3 Å². The molecule has 0 atom stereocenters. The van der Waals surface area contributed by atoms with Gasteiger partial charge in [-0.25, -0.2) is 0 Å². The second kappa shape index (κ2) is 6.39. The van der Waals surface area contributed by atoms with E-state index in [0.717, 1.165) is 45.1 Å². The van der Waals surface area contributed by atoms with Crippen molar-refractivity contribution in [3.63, 3.8) is 0 Å². The van der Waals surface area contributed by atoms with Gasteiger partial charge in [-0.3, -0.25) is 9.59 Å². The van der Waals surface area contributed by atoms with Gasteiger partial charge in [-0.1, -0.05) is 0 Å². The van der Waals surface area contributed by atoms with Gasteiger partial charge in [0.1, 0.15) is 0 Å². The van der Waals surface area contributed by atoms with E-state index in [-0.39, 0.29) is 5.43 Å². The monoisotopic (exact) mass is 375 g/mol. The first-order valence-electron chi connectivity index (χ1n) is 7.66. The third kappa shape index (κ3) is 2.81. The molecule has 3 aromatic rings. The van der Waals surface area contributed by atoms with E-state index in [2.05, 4.69) is 11.0 Å². The topological polar surface area (TPSA) is 37.4 Å². The summed E-state index contributed by atoms with van der Waals surface area (Å²) in [6.45, 7) is 2.03. The van der Waals surface area contributed by atoms with Crippen molar-refractivity contribution in [3.05, 3.63) is 52.2 Å². The number of anilines is 1. The number of fused-ring (bicyclic) bond motifs is 2. The molecule has 1 aromatic heterocycles. The minimum absolute atomic E-state index is 0.0144. The third-order valence-electron chi connectivity index (χ3n) is 4.26. The lowest BCUT2D eigenvalue weighted by molar-refractivity contribution is 0.108. The zero-order valence-corrected chi connectivity index (χ0v) is 15.1. The fourth-order valence-corrected chi connectivity index (χ4v) is 5.09. The standard InChI is InChI=1S/C18H14ClNO2S2/c19-18(22)11-1-3-13-16(9-11)24-15-4-2-12(10-14(15)17(13)21)20-5-7-23-8-6-20/h1-4,9-10H,5-8H2. The molecule has 0 unspecified atom stereocenters. The molecule has 6 heteroatoms. The summed E-state index contributed by atoms with van der Waals surface area (Å²) < 4.78 is 1.72. The van der Waals surface area contributed by atoms with Crippen molar-refractivity contribution in [1.82, 2.24) is 0 Å². The lowest BCUT2D eigenvalue weighted by Gasteiger charge is -2.28. The van der Waals surface area contributed by atoms with E-state index in [1.54, 1.807) is 18.2 Å². The lowest BCUT2D eigenvalue weighted by Crippen LogP contribution is -2.32. The first-order valence-corrected chi connectivity index (χ1v) is 10.0. The van der Waals surface area contributed by atoms with Crippen molar-refractivity contribution < 1.29 is 4.79 Å². The second-order valence-corrected chi connectivity index (χ2v) is 8.35. The molecule has 3 nitrogen and oxygen atoms in total. The van der Waals surface area contributed by atoms with Gasteiger partial charge in [0.05, 0.1) is 0 Å². The molecule has 0 spiro atoms. The van der Waals surface area contributed by atoms with Crippen LogP contribution >= 0.6 is 34.7 Å². The number of hydrogen-bond donors (Lipinski definition) is 0. The second-order valence-electron chi connectivity index (χ2n) is 5.70. The van der Waals surface area contributed by atoms with Crippen LogP contribution < -0.4 is 10.3 Å². The number of carbonyl (C=O) groups excluding carboxylic acids is 1. The maximum absolute atomic E-state index is 12.9. The highest BCUT2D eigenvalue weighted by atomic mass is 35.5. The summed E-state index contributed by atoms with van der Waals surface area (Å²) in [6.07, 6.45) is 0. The molecule has 122 valence electrons. The summed E-state index contributed by atoms with van der Waals surface area (Å²) >= 11 is 9.03. The highest BCUT2D eigenvalue weighted by molar-refractivity contribution is 7.99. The molecule has 2 aromatic carbocycles. The molecule has 1 saturated heterocycles. The number of benzene rings is 2. The number of halogens is 1. The number of thioether (sulfide) groups is 1. The van der Waals surface area contributed by atoms with Gasteiger partial charge >= 0.3 is 0 Å². The fraction of sp³-hybridized carbons (Fsp3) is 0.222. The molecule has 0 amide bonds. The van der Waals surface area contributed by atoms with Crippen molar-refractivity contribution >= 4 is 65.8 Å². The van der Waals surface area contributed by atoms with Gasteiger partial charge in [0.2, 0.25) is 0 Å². The van der Waals surface area contributed by atoms with E-state index in [9.17, 15) is 9.59 Å². The average molecular weight is 376 g/mol. The highest BCUT2D eigenvalue weighted by Crippen LogP contribution is 2.29. The Kier molecular flexibility index (Phi) is 4.24. The van der Waals surface area contributed by atoms with Crippen LogP contribution in [-0.4, -0.2) is 29.8 Å². The zero-order valence-electron chi connectivity index (χ0n) is 12.8. The number of rotatable bonds is 2. The van der Waals surface area contributed by atoms with Gasteiger partial charge in [0, 0.05) is 56.0 Å². The lowest BCUT2D eigenvalue weighted by atomic mass is 10.1. The van der Waals surface area contributed by atoms with Crippen molar-refractivity contribution in [2.45, 2.75) is 0 Å². The first kappa shape index (κ1) is 15.9. The molecule has 0 radical (unpaired) electrons. The molecule has 0 bridgehead atoms. The maximum Gasteiger partial charge on any atom is 0.252 e. The van der Waals surface area contributed by atoms with Gasteiger partial charge in [0.15, 0.2) is 5.43 Å². The van der Waals surface area contributed by atoms with Crippen LogP contribution in [0.3, 0.4) is 0 Å². The van der Waals surface area contributed by atoms with Crippen molar-refractivity contribution in [3.8, 4) is 0 Å². The summed E-state index contributed by atoms with van der Waals surface area (Å²) in [5.74, 6) is 2.25. The summed E-state index contributed by atoms with van der Waals surface area (Å²) in [6, 6.07) is 11.1. The Morgan fingerprint density at radius 2 is 1.79 bits per heavy atom. The molecule has 1 aliphatic heterocycles. The Morgan fingerprint density at radius 1 is 1.00 bits per heavy atom. The molecule has 0 aliphatic carbocycles. The largest absolute Gasteiger partial charge is 0.370 e. The molecular formula is C18H14ClNO2S2. The van der Waals surface area contributed by atoms with E-state index in [0.29, 0.717) is 10.9 Å². The van der Waals surface area contributed by atoms with Gasteiger partial charge in [0.25, 0.3) is 5.24 Å².